The van der Waals surface area contributed by atoms with Crippen molar-refractivity contribution in [3.63, 3.8) is 0 Å². The molecule has 1 aliphatic rings. The van der Waals surface area contributed by atoms with Crippen LogP contribution >= 0.6 is 0 Å². The molecule has 86 valence electrons. The molecule has 3 heteroatoms. The standard InChI is InChI=1S/C12H21NO2/c1-3-13-8-4-5-11(9-13)7-6-10(2)12(14)15/h5,10H,3-4,6-9H2,1-2H3,(H,14,15). The van der Waals surface area contributed by atoms with Crippen LogP contribution in [0.25, 0.3) is 0 Å². The number of nitrogens with zero attached hydrogens (tertiary/aromatic N) is 1. The SMILES string of the molecule is CCN1CCC=C(CCC(C)C(=O)O)C1. The van der Waals surface area contributed by atoms with E-state index in [0.717, 1.165) is 38.9 Å². The van der Waals surface area contributed by atoms with Gasteiger partial charge in [0.15, 0.2) is 0 Å². The summed E-state index contributed by atoms with van der Waals surface area (Å²) in [5, 5.41) is 8.78. The van der Waals surface area contributed by atoms with Crippen LogP contribution in [0, 0.1) is 5.92 Å². The summed E-state index contributed by atoms with van der Waals surface area (Å²) < 4.78 is 0. The van der Waals surface area contributed by atoms with E-state index in [9.17, 15) is 4.79 Å². The summed E-state index contributed by atoms with van der Waals surface area (Å²) in [6.07, 6.45) is 5.09. The Labute approximate surface area is 91.8 Å². The molecule has 1 rings (SSSR count). The Kier molecular flexibility index (Phi) is 4.82. The van der Waals surface area contributed by atoms with Gasteiger partial charge in [-0.2, -0.15) is 0 Å². The first-order valence-corrected chi connectivity index (χ1v) is 5.76. The summed E-state index contributed by atoms with van der Waals surface area (Å²) in [5.74, 6) is -0.901. The molecular weight excluding hydrogens is 190 g/mol. The van der Waals surface area contributed by atoms with Crippen LogP contribution in [0.1, 0.15) is 33.1 Å². The Morgan fingerprint density at radius 3 is 3.00 bits per heavy atom. The Bertz CT molecular complexity index is 248. The summed E-state index contributed by atoms with van der Waals surface area (Å²) in [4.78, 5) is 13.1. The lowest BCUT2D eigenvalue weighted by molar-refractivity contribution is -0.141. The average Bonchev–Trinajstić information content (AvgIpc) is 2.26. The van der Waals surface area contributed by atoms with Crippen LogP contribution < -0.4 is 0 Å². The van der Waals surface area contributed by atoms with E-state index in [2.05, 4.69) is 17.9 Å². The maximum absolute atomic E-state index is 10.7. The molecule has 15 heavy (non-hydrogen) atoms. The van der Waals surface area contributed by atoms with E-state index in [1.54, 1.807) is 6.92 Å². The number of carboxylic acid groups (broad SMARTS) is 1. The van der Waals surface area contributed by atoms with Gasteiger partial charge >= 0.3 is 5.97 Å². The zero-order valence-electron chi connectivity index (χ0n) is 9.70. The smallest absolute Gasteiger partial charge is 0.306 e. The van der Waals surface area contributed by atoms with E-state index in [-0.39, 0.29) is 5.92 Å². The largest absolute Gasteiger partial charge is 0.481 e. The van der Waals surface area contributed by atoms with Crippen molar-refractivity contribution >= 4 is 5.97 Å². The Morgan fingerprint density at radius 2 is 2.40 bits per heavy atom. The second kappa shape index (κ2) is 5.91. The first-order valence-electron chi connectivity index (χ1n) is 5.76. The van der Waals surface area contributed by atoms with Crippen LogP contribution in [0.3, 0.4) is 0 Å². The molecule has 3 nitrogen and oxygen atoms in total. The van der Waals surface area contributed by atoms with Crippen LogP contribution in [-0.4, -0.2) is 35.6 Å². The second-order valence-corrected chi connectivity index (χ2v) is 4.30. The molecule has 0 amide bonds. The normalized spacial score (nSPS) is 19.7. The summed E-state index contributed by atoms with van der Waals surface area (Å²) in [7, 11) is 0. The number of likely N-dealkylation sites (N-methyl/N-ethyl adjacent to an activating group) is 1. The third-order valence-corrected chi connectivity index (χ3v) is 3.07. The summed E-state index contributed by atoms with van der Waals surface area (Å²) >= 11 is 0. The maximum Gasteiger partial charge on any atom is 0.306 e. The zero-order chi connectivity index (χ0) is 11.3. The van der Waals surface area contributed by atoms with Gasteiger partial charge in [-0.3, -0.25) is 9.69 Å². The highest BCUT2D eigenvalue weighted by Crippen LogP contribution is 2.17. The summed E-state index contributed by atoms with van der Waals surface area (Å²) in [6, 6.07) is 0. The Balaban J connectivity index is 2.32. The van der Waals surface area contributed by atoms with Crippen LogP contribution in [0.2, 0.25) is 0 Å². The Morgan fingerprint density at radius 1 is 1.67 bits per heavy atom. The van der Waals surface area contributed by atoms with Crippen LogP contribution in [0.4, 0.5) is 0 Å². The number of hydrogen-bond donors (Lipinski definition) is 1. The van der Waals surface area contributed by atoms with Crippen molar-refractivity contribution in [3.8, 4) is 0 Å². The van der Waals surface area contributed by atoms with Gasteiger partial charge in [-0.25, -0.2) is 0 Å². The molecule has 0 saturated heterocycles. The van der Waals surface area contributed by atoms with E-state index >= 15 is 0 Å². The molecule has 1 aliphatic heterocycles. The zero-order valence-corrected chi connectivity index (χ0v) is 9.70. The van der Waals surface area contributed by atoms with Gasteiger partial charge < -0.3 is 5.11 Å². The van der Waals surface area contributed by atoms with E-state index in [1.807, 2.05) is 0 Å². The van der Waals surface area contributed by atoms with Crippen molar-refractivity contribution < 1.29 is 9.90 Å². The van der Waals surface area contributed by atoms with E-state index < -0.39 is 5.97 Å². The molecule has 1 N–H and O–H groups in total. The molecule has 0 aromatic carbocycles. The lowest BCUT2D eigenvalue weighted by atomic mass is 9.98. The predicted octanol–water partition coefficient (Wildman–Crippen LogP) is 2.14. The maximum atomic E-state index is 10.7. The van der Waals surface area contributed by atoms with E-state index in [0.29, 0.717) is 0 Å². The fourth-order valence-electron chi connectivity index (χ4n) is 1.86. The predicted molar refractivity (Wildman–Crippen MR) is 60.8 cm³/mol. The fourth-order valence-corrected chi connectivity index (χ4v) is 1.86. The number of rotatable bonds is 5. The van der Waals surface area contributed by atoms with Crippen molar-refractivity contribution in [2.45, 2.75) is 33.1 Å². The molecule has 0 fully saturated rings. The monoisotopic (exact) mass is 211 g/mol. The molecule has 0 spiro atoms. The molecule has 0 saturated carbocycles. The minimum atomic E-state index is -0.682. The molecule has 0 aliphatic carbocycles. The molecule has 0 radical (unpaired) electrons. The Hall–Kier alpha value is -0.830. The van der Waals surface area contributed by atoms with Crippen LogP contribution in [0.5, 0.6) is 0 Å². The fraction of sp³-hybridized carbons (Fsp3) is 0.750. The lowest BCUT2D eigenvalue weighted by Gasteiger charge is -2.26. The third kappa shape index (κ3) is 4.04. The molecule has 0 aromatic rings. The number of carbonyl (C=O) groups is 1. The van der Waals surface area contributed by atoms with Crippen LogP contribution in [0.15, 0.2) is 11.6 Å². The van der Waals surface area contributed by atoms with E-state index in [1.165, 1.54) is 5.57 Å². The average molecular weight is 211 g/mol. The number of aliphatic carboxylic acids is 1. The minimum Gasteiger partial charge on any atom is -0.481 e. The van der Waals surface area contributed by atoms with E-state index in [4.69, 9.17) is 5.11 Å². The highest BCUT2D eigenvalue weighted by Gasteiger charge is 2.14. The molecule has 0 aromatic heterocycles. The molecular formula is C12H21NO2. The van der Waals surface area contributed by atoms with Gasteiger partial charge in [0, 0.05) is 13.1 Å². The van der Waals surface area contributed by atoms with Gasteiger partial charge in [0.2, 0.25) is 0 Å². The topological polar surface area (TPSA) is 40.5 Å². The van der Waals surface area contributed by atoms with Crippen LogP contribution in [-0.2, 0) is 4.79 Å². The van der Waals surface area contributed by atoms with Gasteiger partial charge in [0.25, 0.3) is 0 Å². The molecule has 1 unspecified atom stereocenters. The molecule has 1 heterocycles. The number of carboxylic acids is 1. The molecule has 1 atom stereocenters. The second-order valence-electron chi connectivity index (χ2n) is 4.30. The quantitative estimate of drug-likeness (QED) is 0.708. The lowest BCUT2D eigenvalue weighted by Crippen LogP contribution is -2.29. The van der Waals surface area contributed by atoms with Gasteiger partial charge in [-0.05, 0) is 25.8 Å². The van der Waals surface area contributed by atoms with Crippen molar-refractivity contribution in [1.29, 1.82) is 0 Å². The first-order chi connectivity index (χ1) is 7.13. The highest BCUT2D eigenvalue weighted by molar-refractivity contribution is 5.69. The molecule has 0 bridgehead atoms. The van der Waals surface area contributed by atoms with Gasteiger partial charge in [0.1, 0.15) is 0 Å². The van der Waals surface area contributed by atoms with Crippen molar-refractivity contribution in [2.24, 2.45) is 5.92 Å². The number of hydrogen-bond acceptors (Lipinski definition) is 2. The van der Waals surface area contributed by atoms with Gasteiger partial charge in [0.05, 0.1) is 5.92 Å². The van der Waals surface area contributed by atoms with Gasteiger partial charge in [-0.15, -0.1) is 0 Å². The highest BCUT2D eigenvalue weighted by atomic mass is 16.4. The minimum absolute atomic E-state index is 0.220. The van der Waals surface area contributed by atoms with Crippen molar-refractivity contribution in [2.75, 3.05) is 19.6 Å². The van der Waals surface area contributed by atoms with Gasteiger partial charge in [-0.1, -0.05) is 25.5 Å². The van der Waals surface area contributed by atoms with Crippen molar-refractivity contribution in [1.82, 2.24) is 4.90 Å². The summed E-state index contributed by atoms with van der Waals surface area (Å²) in [6.45, 7) is 7.22. The first kappa shape index (κ1) is 12.2. The van der Waals surface area contributed by atoms with Crippen molar-refractivity contribution in [3.05, 3.63) is 11.6 Å². The third-order valence-electron chi connectivity index (χ3n) is 3.07. The summed E-state index contributed by atoms with van der Waals surface area (Å²) in [5.41, 5.74) is 1.41.